The first-order valence-electron chi connectivity index (χ1n) is 8.57. The van der Waals surface area contributed by atoms with Crippen molar-refractivity contribution in [3.63, 3.8) is 0 Å². The third-order valence-corrected chi connectivity index (χ3v) is 4.04. The summed E-state index contributed by atoms with van der Waals surface area (Å²) in [4.78, 5) is 77.6. The van der Waals surface area contributed by atoms with Crippen molar-refractivity contribution in [1.82, 2.24) is 19.3 Å². The van der Waals surface area contributed by atoms with Gasteiger partial charge in [0.2, 0.25) is 0 Å². The first-order valence-corrected chi connectivity index (χ1v) is 8.57. The number of nitrogens with one attached hydrogen (secondary N) is 2. The van der Waals surface area contributed by atoms with Gasteiger partial charge in [0.1, 0.15) is 0 Å². The number of nitrogens with zero attached hydrogens (tertiary/aromatic N) is 12. The predicted molar refractivity (Wildman–Crippen MR) is 104 cm³/mol. The zero-order chi connectivity index (χ0) is 31.1. The lowest BCUT2D eigenvalue weighted by atomic mass is 10.5. The van der Waals surface area contributed by atoms with Crippen LogP contribution in [0.1, 0.15) is 0 Å². The molecule has 2 aromatic heterocycles. The molecule has 2 aromatic rings. The molecule has 0 amide bonds. The highest BCUT2D eigenvalue weighted by molar-refractivity contribution is 5.63. The Labute approximate surface area is 207 Å². The maximum Gasteiger partial charge on any atom is 0.742 e. The van der Waals surface area contributed by atoms with Crippen LogP contribution in [0.25, 0.3) is 11.6 Å². The minimum Gasteiger partial charge on any atom is -0.358 e. The Bertz CT molecular complexity index is 1390. The van der Waals surface area contributed by atoms with Gasteiger partial charge in [0, 0.05) is 9.97 Å². The van der Waals surface area contributed by atoms with Crippen LogP contribution in [-0.4, -0.2) is 70.8 Å². The minimum absolute atomic E-state index is 0.530. The van der Waals surface area contributed by atoms with E-state index in [2.05, 4.69) is 9.97 Å². The van der Waals surface area contributed by atoms with E-state index in [0.717, 1.165) is 0 Å². The Morgan fingerprint density at radius 2 is 0.775 bits per heavy atom. The largest absolute Gasteiger partial charge is 0.742 e. The minimum atomic E-state index is -5.28. The Balaban J connectivity index is 3.20. The average molecular weight is 588 g/mol. The third kappa shape index (κ3) is 4.50. The van der Waals surface area contributed by atoms with Crippen LogP contribution in [0.3, 0.4) is 0 Å². The summed E-state index contributed by atoms with van der Waals surface area (Å²) >= 11 is 0. The number of nitro groups is 8. The van der Waals surface area contributed by atoms with Crippen LogP contribution in [0.2, 0.25) is 0 Å². The molecule has 0 aliphatic heterocycles. The van der Waals surface area contributed by atoms with Gasteiger partial charge in [-0.05, 0) is 19.7 Å². The predicted octanol–water partition coefficient (Wildman–Crippen LogP) is -1.27. The number of rotatable bonds is 13. The van der Waals surface area contributed by atoms with Crippen molar-refractivity contribution in [3.8, 4) is 11.6 Å². The van der Waals surface area contributed by atoms with Gasteiger partial charge in [0.15, 0.2) is 19.7 Å². The van der Waals surface area contributed by atoms with Crippen LogP contribution in [0.15, 0.2) is 0 Å². The summed E-state index contributed by atoms with van der Waals surface area (Å²) in [6.45, 7) is 0. The fraction of sp³-hybridized carbons (Fsp3) is 0.250. The lowest BCUT2D eigenvalue weighted by Gasteiger charge is -2.09. The molecule has 30 nitrogen and oxygen atoms in total. The third-order valence-electron chi connectivity index (χ3n) is 4.04. The molecule has 0 saturated carbocycles. The Kier molecular flexibility index (Phi) is 6.97. The van der Waals surface area contributed by atoms with Gasteiger partial charge in [-0.25, -0.2) is 0 Å². The van der Waals surface area contributed by atoms with E-state index in [0.29, 0.717) is 10.9 Å². The molecule has 0 aliphatic carbocycles. The van der Waals surface area contributed by atoms with Crippen molar-refractivity contribution in [2.75, 3.05) is 10.9 Å². The molecule has 0 aromatic carbocycles. The van der Waals surface area contributed by atoms with Crippen molar-refractivity contribution >= 4 is 23.3 Å². The number of halogens is 2. The summed E-state index contributed by atoms with van der Waals surface area (Å²) in [6.07, 6.45) is 0. The molecule has 0 unspecified atom stereocenters. The molecule has 40 heavy (non-hydrogen) atoms. The Hall–Kier alpha value is -6.92. The number of hydrogen-bond acceptors (Lipinski definition) is 20. The van der Waals surface area contributed by atoms with Gasteiger partial charge < -0.3 is 40.5 Å². The highest BCUT2D eigenvalue weighted by atomic mass is 19.2. The van der Waals surface area contributed by atoms with Crippen molar-refractivity contribution in [3.05, 3.63) is 80.9 Å². The molecule has 0 fully saturated rings. The zero-order valence-electron chi connectivity index (χ0n) is 17.7. The van der Waals surface area contributed by atoms with E-state index in [1.54, 1.807) is 0 Å². The van der Waals surface area contributed by atoms with Gasteiger partial charge in [-0.2, -0.15) is 0 Å². The molecule has 0 radical (unpaired) electrons. The molecular weight excluding hydrogens is 586 g/mol. The van der Waals surface area contributed by atoms with Gasteiger partial charge >= 0.3 is 47.0 Å². The van der Waals surface area contributed by atoms with E-state index in [-0.39, 0.29) is 0 Å². The standard InChI is InChI=1S/C8H2F2N14O16/c9-7(21(33)34,22(35)36)13-15-1(11-3(17(25)26)5(15)19(29)30)2-12-4(18(27)28)6(20(31)32)16(2)14-8(10,23(37)38)24(39)40/h13-14H. The van der Waals surface area contributed by atoms with E-state index in [1.807, 2.05) is 0 Å². The topological polar surface area (TPSA) is 405 Å². The second-order valence-corrected chi connectivity index (χ2v) is 6.29. The molecule has 0 bridgehead atoms. The van der Waals surface area contributed by atoms with Crippen LogP contribution in [-0.2, 0) is 0 Å². The molecule has 0 atom stereocenters. The molecular formula is C8H2F2N14O16. The monoisotopic (exact) mass is 588 g/mol. The maximum atomic E-state index is 14.5. The Morgan fingerprint density at radius 1 is 0.525 bits per heavy atom. The first kappa shape index (κ1) is 29.3. The van der Waals surface area contributed by atoms with Crippen LogP contribution >= 0.6 is 0 Å². The number of hydrogen-bond donors (Lipinski definition) is 2. The number of aromatic nitrogens is 4. The van der Waals surface area contributed by atoms with E-state index >= 15 is 0 Å². The van der Waals surface area contributed by atoms with Gasteiger partial charge in [-0.3, -0.25) is 40.5 Å². The molecule has 2 N–H and O–H groups in total. The lowest BCUT2D eigenvalue weighted by Crippen LogP contribution is -2.53. The molecule has 2 heterocycles. The molecule has 214 valence electrons. The summed E-state index contributed by atoms with van der Waals surface area (Å²) < 4.78 is 27.1. The number of imidazole rings is 2. The molecule has 0 aliphatic rings. The second-order valence-electron chi connectivity index (χ2n) is 6.29. The highest BCUT2D eigenvalue weighted by Crippen LogP contribution is 2.37. The normalized spacial score (nSPS) is 11.3. The fourth-order valence-corrected chi connectivity index (χ4v) is 2.47. The van der Waals surface area contributed by atoms with Crippen LogP contribution < -0.4 is 10.9 Å². The lowest BCUT2D eigenvalue weighted by molar-refractivity contribution is -0.824. The molecule has 2 rings (SSSR count). The Morgan fingerprint density at radius 3 is 0.950 bits per heavy atom. The first-order chi connectivity index (χ1) is 18.2. The zero-order valence-corrected chi connectivity index (χ0v) is 17.7. The van der Waals surface area contributed by atoms with Crippen molar-refractivity contribution in [1.29, 1.82) is 0 Å². The van der Waals surface area contributed by atoms with Crippen molar-refractivity contribution in [2.24, 2.45) is 0 Å². The molecule has 0 spiro atoms. The summed E-state index contributed by atoms with van der Waals surface area (Å²) in [7, 11) is 0. The van der Waals surface area contributed by atoms with Crippen LogP contribution in [0, 0.1) is 80.9 Å². The van der Waals surface area contributed by atoms with Crippen LogP contribution in [0.4, 0.5) is 32.1 Å². The van der Waals surface area contributed by atoms with Crippen molar-refractivity contribution in [2.45, 2.75) is 12.1 Å². The molecule has 32 heteroatoms. The number of alkyl halides is 2. The highest BCUT2D eigenvalue weighted by Gasteiger charge is 2.67. The summed E-state index contributed by atoms with van der Waals surface area (Å²) in [5.41, 5.74) is 1.06. The van der Waals surface area contributed by atoms with E-state index in [1.165, 1.54) is 0 Å². The summed E-state index contributed by atoms with van der Waals surface area (Å²) in [6, 6.07) is -10.6. The second kappa shape index (κ2) is 9.51. The molecule has 0 saturated heterocycles. The van der Waals surface area contributed by atoms with Gasteiger partial charge in [0.25, 0.3) is 0 Å². The fourth-order valence-electron chi connectivity index (χ4n) is 2.47. The van der Waals surface area contributed by atoms with E-state index < -0.39 is 95.7 Å². The van der Waals surface area contributed by atoms with E-state index in [9.17, 15) is 89.7 Å². The summed E-state index contributed by atoms with van der Waals surface area (Å²) in [5.74, 6) is -12.9. The summed E-state index contributed by atoms with van der Waals surface area (Å²) in [5, 5.41) is 89.3. The van der Waals surface area contributed by atoms with Crippen molar-refractivity contribution < 1.29 is 48.2 Å². The van der Waals surface area contributed by atoms with Crippen LogP contribution in [0.5, 0.6) is 0 Å². The van der Waals surface area contributed by atoms with Gasteiger partial charge in [-0.1, -0.05) is 29.0 Å². The van der Waals surface area contributed by atoms with Gasteiger partial charge in [-0.15, -0.1) is 0 Å². The van der Waals surface area contributed by atoms with Gasteiger partial charge in [0.05, 0.1) is 0 Å². The van der Waals surface area contributed by atoms with E-state index in [4.69, 9.17) is 0 Å². The maximum absolute atomic E-state index is 14.5. The average Bonchev–Trinajstić information content (AvgIpc) is 3.37. The quantitative estimate of drug-likeness (QED) is 0.119. The smallest absolute Gasteiger partial charge is 0.358 e. The SMILES string of the molecule is O=[N+]([O-])c1nc(-c2nc([N+](=O)[O-])c([N+](=O)[O-])n2NC(F)([N+](=O)[O-])[N+](=O)[O-])n(NC(F)([N+](=O)[O-])[N+](=O)[O-])c1[N+](=O)[O-].